The zero-order valence-corrected chi connectivity index (χ0v) is 26.4. The summed E-state index contributed by atoms with van der Waals surface area (Å²) >= 11 is 0. The highest BCUT2D eigenvalue weighted by atomic mass is 15.1. The average Bonchev–Trinajstić information content (AvgIpc) is 3.57. The van der Waals surface area contributed by atoms with E-state index in [1.807, 2.05) is 18.5 Å². The van der Waals surface area contributed by atoms with Crippen molar-refractivity contribution < 1.29 is 0 Å². The summed E-state index contributed by atoms with van der Waals surface area (Å²) in [5.41, 5.74) is 14.5. The van der Waals surface area contributed by atoms with Crippen molar-refractivity contribution in [3.05, 3.63) is 175 Å². The molecule has 0 saturated heterocycles. The van der Waals surface area contributed by atoms with Crippen molar-refractivity contribution in [3.63, 3.8) is 0 Å². The Kier molecular flexibility index (Phi) is 6.16. The Morgan fingerprint density at radius 2 is 1.17 bits per heavy atom. The van der Waals surface area contributed by atoms with Crippen molar-refractivity contribution in [2.24, 2.45) is 0 Å². The molecule has 0 amide bonds. The molecule has 3 nitrogen and oxygen atoms in total. The van der Waals surface area contributed by atoms with Crippen LogP contribution in [0.2, 0.25) is 0 Å². The fourth-order valence-electron chi connectivity index (χ4n) is 7.56. The number of pyridine rings is 1. The Morgan fingerprint density at radius 1 is 0.511 bits per heavy atom. The van der Waals surface area contributed by atoms with Crippen molar-refractivity contribution in [2.45, 2.75) is 19.3 Å². The molecule has 3 heteroatoms. The number of rotatable bonds is 5. The molecule has 1 aliphatic rings. The number of hydrogen-bond donors (Lipinski definition) is 0. The molecule has 47 heavy (non-hydrogen) atoms. The van der Waals surface area contributed by atoms with Crippen LogP contribution in [0.5, 0.6) is 0 Å². The minimum Gasteiger partial charge on any atom is -0.310 e. The van der Waals surface area contributed by atoms with E-state index in [1.54, 1.807) is 0 Å². The summed E-state index contributed by atoms with van der Waals surface area (Å²) in [6, 6.07) is 55.0. The van der Waals surface area contributed by atoms with E-state index >= 15 is 0 Å². The SMILES string of the molecule is CC1(C)c2cc(-c3cccnc3)ccc2-c2ccc(N(c3ccccc3)c3ccc4c(c3)c3ccccc3n4-c3ccccc3)cc21. The molecule has 8 aromatic rings. The molecule has 0 spiro atoms. The smallest absolute Gasteiger partial charge is 0.0542 e. The van der Waals surface area contributed by atoms with Crippen LogP contribution < -0.4 is 4.90 Å². The first-order chi connectivity index (χ1) is 23.1. The molecular weight excluding hydrogens is 571 g/mol. The summed E-state index contributed by atoms with van der Waals surface area (Å²) in [5.74, 6) is 0. The van der Waals surface area contributed by atoms with E-state index in [0.717, 1.165) is 22.6 Å². The van der Waals surface area contributed by atoms with Crippen LogP contribution >= 0.6 is 0 Å². The maximum Gasteiger partial charge on any atom is 0.0542 e. The highest BCUT2D eigenvalue weighted by molar-refractivity contribution is 6.10. The van der Waals surface area contributed by atoms with Gasteiger partial charge in [-0.2, -0.15) is 0 Å². The molecular formula is C44H33N3. The van der Waals surface area contributed by atoms with E-state index in [-0.39, 0.29) is 5.41 Å². The Bertz CT molecular complexity index is 2420. The molecule has 0 unspecified atom stereocenters. The van der Waals surface area contributed by atoms with Gasteiger partial charge in [0.1, 0.15) is 0 Å². The number of benzene rings is 6. The Hall–Kier alpha value is -5.93. The van der Waals surface area contributed by atoms with Gasteiger partial charge in [-0.25, -0.2) is 0 Å². The summed E-state index contributed by atoms with van der Waals surface area (Å²) in [7, 11) is 0. The number of nitrogens with zero attached hydrogens (tertiary/aromatic N) is 3. The van der Waals surface area contributed by atoms with Crippen molar-refractivity contribution in [1.82, 2.24) is 9.55 Å². The van der Waals surface area contributed by atoms with Crippen LogP contribution in [0.25, 0.3) is 49.7 Å². The van der Waals surface area contributed by atoms with E-state index < -0.39 is 0 Å². The minimum absolute atomic E-state index is 0.158. The third kappa shape index (κ3) is 4.31. The molecule has 0 fully saturated rings. The highest BCUT2D eigenvalue weighted by Crippen LogP contribution is 2.51. The molecule has 0 aliphatic heterocycles. The van der Waals surface area contributed by atoms with E-state index in [0.29, 0.717) is 0 Å². The first-order valence-electron chi connectivity index (χ1n) is 16.2. The first kappa shape index (κ1) is 27.4. The van der Waals surface area contributed by atoms with Crippen molar-refractivity contribution in [1.29, 1.82) is 0 Å². The van der Waals surface area contributed by atoms with Crippen molar-refractivity contribution >= 4 is 38.9 Å². The second-order valence-electron chi connectivity index (χ2n) is 12.9. The monoisotopic (exact) mass is 603 g/mol. The van der Waals surface area contributed by atoms with E-state index in [9.17, 15) is 0 Å². The Morgan fingerprint density at radius 3 is 1.96 bits per heavy atom. The lowest BCUT2D eigenvalue weighted by atomic mass is 9.81. The quantitative estimate of drug-likeness (QED) is 0.195. The summed E-state index contributed by atoms with van der Waals surface area (Å²) < 4.78 is 2.37. The molecule has 2 aromatic heterocycles. The fraction of sp³-hybridized carbons (Fsp3) is 0.0682. The Balaban J connectivity index is 1.21. The molecule has 6 aromatic carbocycles. The van der Waals surface area contributed by atoms with E-state index in [4.69, 9.17) is 0 Å². The van der Waals surface area contributed by atoms with Gasteiger partial charge < -0.3 is 9.47 Å². The van der Waals surface area contributed by atoms with Crippen LogP contribution in [-0.2, 0) is 5.41 Å². The van der Waals surface area contributed by atoms with Crippen LogP contribution in [0.3, 0.4) is 0 Å². The zero-order valence-electron chi connectivity index (χ0n) is 26.4. The second kappa shape index (κ2) is 10.6. The topological polar surface area (TPSA) is 21.1 Å². The summed E-state index contributed by atoms with van der Waals surface area (Å²) in [6.07, 6.45) is 3.77. The molecule has 9 rings (SSSR count). The lowest BCUT2D eigenvalue weighted by molar-refractivity contribution is 0.660. The van der Waals surface area contributed by atoms with Crippen LogP contribution in [0.1, 0.15) is 25.0 Å². The fourth-order valence-corrected chi connectivity index (χ4v) is 7.56. The van der Waals surface area contributed by atoms with Crippen molar-refractivity contribution in [3.8, 4) is 27.9 Å². The van der Waals surface area contributed by atoms with Gasteiger partial charge in [-0.1, -0.05) is 92.7 Å². The van der Waals surface area contributed by atoms with E-state index in [1.165, 1.54) is 55.3 Å². The standard InChI is InChI=1S/C44H33N3/c1-44(2)40-26-30(31-12-11-25-45-29-31)19-22-36(40)37-23-20-35(28-41(37)44)46(32-13-5-3-6-14-32)34-21-24-43-39(27-34)38-17-9-10-18-42(38)47(43)33-15-7-4-8-16-33/h3-29H,1-2H3. The molecule has 0 saturated carbocycles. The predicted molar refractivity (Wildman–Crippen MR) is 196 cm³/mol. The summed E-state index contributed by atoms with van der Waals surface area (Å²) in [5, 5.41) is 2.48. The number of para-hydroxylation sites is 3. The van der Waals surface area contributed by atoms with Crippen molar-refractivity contribution in [2.75, 3.05) is 4.90 Å². The molecule has 2 heterocycles. The lowest BCUT2D eigenvalue weighted by Crippen LogP contribution is -2.16. The van der Waals surface area contributed by atoms with Gasteiger partial charge in [0.25, 0.3) is 0 Å². The maximum atomic E-state index is 4.36. The minimum atomic E-state index is -0.158. The van der Waals surface area contributed by atoms with Gasteiger partial charge in [0.15, 0.2) is 0 Å². The van der Waals surface area contributed by atoms with Gasteiger partial charge in [0.05, 0.1) is 11.0 Å². The van der Waals surface area contributed by atoms with Crippen LogP contribution in [-0.4, -0.2) is 9.55 Å². The third-order valence-corrected chi connectivity index (χ3v) is 9.86. The predicted octanol–water partition coefficient (Wildman–Crippen LogP) is 11.6. The van der Waals surface area contributed by atoms with Gasteiger partial charge in [0.2, 0.25) is 0 Å². The number of aromatic nitrogens is 2. The summed E-state index contributed by atoms with van der Waals surface area (Å²) in [4.78, 5) is 6.76. The molecule has 224 valence electrons. The normalized spacial score (nSPS) is 13.1. The number of anilines is 3. The highest BCUT2D eigenvalue weighted by Gasteiger charge is 2.36. The van der Waals surface area contributed by atoms with Crippen LogP contribution in [0, 0.1) is 0 Å². The average molecular weight is 604 g/mol. The molecule has 0 atom stereocenters. The molecule has 0 bridgehead atoms. The lowest BCUT2D eigenvalue weighted by Gasteiger charge is -2.28. The van der Waals surface area contributed by atoms with Gasteiger partial charge in [0, 0.05) is 51.3 Å². The van der Waals surface area contributed by atoms with Crippen LogP contribution in [0.4, 0.5) is 17.1 Å². The molecule has 1 aliphatic carbocycles. The van der Waals surface area contributed by atoms with Crippen LogP contribution in [0.15, 0.2) is 164 Å². The molecule has 0 N–H and O–H groups in total. The largest absolute Gasteiger partial charge is 0.310 e. The van der Waals surface area contributed by atoms with Gasteiger partial charge in [-0.3, -0.25) is 4.98 Å². The third-order valence-electron chi connectivity index (χ3n) is 9.86. The van der Waals surface area contributed by atoms with Gasteiger partial charge >= 0.3 is 0 Å². The first-order valence-corrected chi connectivity index (χ1v) is 16.2. The number of fused-ring (bicyclic) bond motifs is 6. The maximum absolute atomic E-state index is 4.36. The summed E-state index contributed by atoms with van der Waals surface area (Å²) in [6.45, 7) is 4.71. The number of hydrogen-bond acceptors (Lipinski definition) is 2. The molecule has 0 radical (unpaired) electrons. The van der Waals surface area contributed by atoms with Gasteiger partial charge in [-0.05, 0) is 106 Å². The second-order valence-corrected chi connectivity index (χ2v) is 12.9. The van der Waals surface area contributed by atoms with E-state index in [2.05, 4.69) is 174 Å². The van der Waals surface area contributed by atoms with Gasteiger partial charge in [-0.15, -0.1) is 0 Å². The zero-order chi connectivity index (χ0) is 31.5. The Labute approximate surface area is 275 Å².